The van der Waals surface area contributed by atoms with Crippen LogP contribution in [0.4, 0.5) is 0 Å². The molecule has 1 aliphatic heterocycles. The summed E-state index contributed by atoms with van der Waals surface area (Å²) in [6.07, 6.45) is 0. The van der Waals surface area contributed by atoms with Crippen LogP contribution in [0.1, 0.15) is 16.2 Å². The maximum absolute atomic E-state index is 12.0. The molecule has 2 rings (SSSR count). The molecule has 0 aliphatic carbocycles. The van der Waals surface area contributed by atoms with Crippen molar-refractivity contribution in [1.29, 1.82) is 0 Å². The fourth-order valence-electron chi connectivity index (χ4n) is 1.62. The molecule has 2 heterocycles. The minimum atomic E-state index is -0.0119. The molecule has 15 heavy (non-hydrogen) atoms. The van der Waals surface area contributed by atoms with Gasteiger partial charge < -0.3 is 10.2 Å². The Morgan fingerprint density at radius 2 is 2.07 bits per heavy atom. The SMILES string of the molecule is Cc1c(C(=O)N2CCNCC2)nnn1C. The number of carbonyl (C=O) groups is 1. The van der Waals surface area contributed by atoms with Gasteiger partial charge in [0, 0.05) is 33.2 Å². The van der Waals surface area contributed by atoms with E-state index in [1.807, 2.05) is 11.8 Å². The number of rotatable bonds is 1. The Labute approximate surface area is 88.2 Å². The first-order valence-corrected chi connectivity index (χ1v) is 5.06. The molecule has 1 aliphatic rings. The molecule has 0 spiro atoms. The van der Waals surface area contributed by atoms with E-state index < -0.39 is 0 Å². The molecule has 1 saturated heterocycles. The number of nitrogens with one attached hydrogen (secondary N) is 1. The highest BCUT2D eigenvalue weighted by atomic mass is 16.2. The van der Waals surface area contributed by atoms with E-state index in [4.69, 9.17) is 0 Å². The summed E-state index contributed by atoms with van der Waals surface area (Å²) in [6, 6.07) is 0. The highest BCUT2D eigenvalue weighted by molar-refractivity contribution is 5.93. The van der Waals surface area contributed by atoms with Gasteiger partial charge in [-0.05, 0) is 6.92 Å². The zero-order valence-electron chi connectivity index (χ0n) is 9.03. The van der Waals surface area contributed by atoms with Crippen molar-refractivity contribution in [3.63, 3.8) is 0 Å². The Balaban J connectivity index is 2.16. The number of carbonyl (C=O) groups excluding carboxylic acids is 1. The number of hydrogen-bond acceptors (Lipinski definition) is 4. The first-order valence-electron chi connectivity index (χ1n) is 5.06. The van der Waals surface area contributed by atoms with Crippen molar-refractivity contribution in [2.75, 3.05) is 26.2 Å². The highest BCUT2D eigenvalue weighted by Gasteiger charge is 2.22. The van der Waals surface area contributed by atoms with Crippen LogP contribution in [0.25, 0.3) is 0 Å². The van der Waals surface area contributed by atoms with Crippen molar-refractivity contribution >= 4 is 5.91 Å². The van der Waals surface area contributed by atoms with Crippen molar-refractivity contribution < 1.29 is 4.79 Å². The van der Waals surface area contributed by atoms with Crippen molar-refractivity contribution in [3.05, 3.63) is 11.4 Å². The van der Waals surface area contributed by atoms with E-state index in [2.05, 4.69) is 15.6 Å². The van der Waals surface area contributed by atoms with E-state index in [0.717, 1.165) is 31.9 Å². The fraction of sp³-hybridized carbons (Fsp3) is 0.667. The van der Waals surface area contributed by atoms with Gasteiger partial charge in [0.25, 0.3) is 5.91 Å². The summed E-state index contributed by atoms with van der Waals surface area (Å²) < 4.78 is 1.62. The molecule has 0 saturated carbocycles. The third kappa shape index (κ3) is 1.85. The van der Waals surface area contributed by atoms with Crippen LogP contribution in [-0.4, -0.2) is 52.0 Å². The number of piperazine rings is 1. The summed E-state index contributed by atoms with van der Waals surface area (Å²) in [7, 11) is 1.79. The molecule has 6 nitrogen and oxygen atoms in total. The maximum atomic E-state index is 12.0. The Morgan fingerprint density at radius 1 is 1.40 bits per heavy atom. The molecule has 82 valence electrons. The van der Waals surface area contributed by atoms with Crippen molar-refractivity contribution in [2.45, 2.75) is 6.92 Å². The van der Waals surface area contributed by atoms with Crippen LogP contribution in [0.15, 0.2) is 0 Å². The van der Waals surface area contributed by atoms with Crippen molar-refractivity contribution in [3.8, 4) is 0 Å². The predicted octanol–water partition coefficient (Wildman–Crippen LogP) is -0.831. The third-order valence-corrected chi connectivity index (χ3v) is 2.71. The summed E-state index contributed by atoms with van der Waals surface area (Å²) in [5, 5.41) is 10.9. The number of nitrogens with zero attached hydrogens (tertiary/aromatic N) is 4. The monoisotopic (exact) mass is 209 g/mol. The van der Waals surface area contributed by atoms with Crippen LogP contribution in [0.2, 0.25) is 0 Å². The van der Waals surface area contributed by atoms with Gasteiger partial charge in [0.2, 0.25) is 0 Å². The lowest BCUT2D eigenvalue weighted by Crippen LogP contribution is -2.46. The summed E-state index contributed by atoms with van der Waals surface area (Å²) in [4.78, 5) is 13.8. The number of amides is 1. The smallest absolute Gasteiger partial charge is 0.276 e. The van der Waals surface area contributed by atoms with Crippen molar-refractivity contribution in [2.24, 2.45) is 7.05 Å². The van der Waals surface area contributed by atoms with Gasteiger partial charge >= 0.3 is 0 Å². The molecule has 1 N–H and O–H groups in total. The van der Waals surface area contributed by atoms with Gasteiger partial charge in [-0.1, -0.05) is 5.21 Å². The minimum Gasteiger partial charge on any atom is -0.335 e. The average molecular weight is 209 g/mol. The zero-order valence-corrected chi connectivity index (χ0v) is 9.03. The molecule has 1 fully saturated rings. The number of aromatic nitrogens is 3. The second-order valence-electron chi connectivity index (χ2n) is 3.69. The van der Waals surface area contributed by atoms with Gasteiger partial charge in [0.1, 0.15) is 0 Å². The number of hydrogen-bond donors (Lipinski definition) is 1. The Hall–Kier alpha value is -1.43. The Morgan fingerprint density at radius 3 is 2.60 bits per heavy atom. The van der Waals surface area contributed by atoms with Gasteiger partial charge in [-0.15, -0.1) is 5.10 Å². The predicted molar refractivity (Wildman–Crippen MR) is 54.5 cm³/mol. The lowest BCUT2D eigenvalue weighted by Gasteiger charge is -2.26. The van der Waals surface area contributed by atoms with Gasteiger partial charge in [-0.25, -0.2) is 0 Å². The second-order valence-corrected chi connectivity index (χ2v) is 3.69. The van der Waals surface area contributed by atoms with E-state index in [0.29, 0.717) is 5.69 Å². The average Bonchev–Trinajstić information content (AvgIpc) is 2.60. The van der Waals surface area contributed by atoms with Crippen LogP contribution in [0.5, 0.6) is 0 Å². The lowest BCUT2D eigenvalue weighted by atomic mass is 10.2. The molecule has 0 atom stereocenters. The molecule has 0 aromatic carbocycles. The van der Waals surface area contributed by atoms with E-state index in [9.17, 15) is 4.79 Å². The van der Waals surface area contributed by atoms with Gasteiger partial charge in [-0.2, -0.15) is 0 Å². The van der Waals surface area contributed by atoms with Crippen molar-refractivity contribution in [1.82, 2.24) is 25.2 Å². The van der Waals surface area contributed by atoms with E-state index in [1.54, 1.807) is 11.7 Å². The molecular formula is C9H15N5O. The normalized spacial score (nSPS) is 16.8. The summed E-state index contributed by atoms with van der Waals surface area (Å²) in [6.45, 7) is 5.05. The topological polar surface area (TPSA) is 63.1 Å². The molecule has 1 aromatic heterocycles. The van der Waals surface area contributed by atoms with E-state index >= 15 is 0 Å². The summed E-state index contributed by atoms with van der Waals surface area (Å²) in [5.74, 6) is -0.0119. The highest BCUT2D eigenvalue weighted by Crippen LogP contribution is 2.07. The molecule has 1 aromatic rings. The third-order valence-electron chi connectivity index (χ3n) is 2.71. The second kappa shape index (κ2) is 3.98. The van der Waals surface area contributed by atoms with Crippen LogP contribution < -0.4 is 5.32 Å². The quantitative estimate of drug-likeness (QED) is 0.655. The minimum absolute atomic E-state index is 0.0119. The Kier molecular flexibility index (Phi) is 2.68. The van der Waals surface area contributed by atoms with Crippen LogP contribution in [0.3, 0.4) is 0 Å². The van der Waals surface area contributed by atoms with E-state index in [-0.39, 0.29) is 5.91 Å². The van der Waals surface area contributed by atoms with Crippen LogP contribution in [-0.2, 0) is 7.05 Å². The lowest BCUT2D eigenvalue weighted by molar-refractivity contribution is 0.0729. The summed E-state index contributed by atoms with van der Waals surface area (Å²) in [5.41, 5.74) is 1.29. The fourth-order valence-corrected chi connectivity index (χ4v) is 1.62. The maximum Gasteiger partial charge on any atom is 0.276 e. The molecule has 0 bridgehead atoms. The number of aryl methyl sites for hydroxylation is 1. The standard InChI is InChI=1S/C9H15N5O/c1-7-8(11-12-13(7)2)9(15)14-5-3-10-4-6-14/h10H,3-6H2,1-2H3. The Bertz CT molecular complexity index is 367. The van der Waals surface area contributed by atoms with E-state index in [1.165, 1.54) is 0 Å². The first-order chi connectivity index (χ1) is 7.20. The zero-order chi connectivity index (χ0) is 10.8. The van der Waals surface area contributed by atoms with Gasteiger partial charge in [-0.3, -0.25) is 9.48 Å². The molecular weight excluding hydrogens is 194 g/mol. The van der Waals surface area contributed by atoms with Crippen LogP contribution >= 0.6 is 0 Å². The van der Waals surface area contributed by atoms with Gasteiger partial charge in [0.15, 0.2) is 5.69 Å². The first kappa shape index (κ1) is 10.1. The van der Waals surface area contributed by atoms with Crippen LogP contribution in [0, 0.1) is 6.92 Å². The molecule has 1 amide bonds. The summed E-state index contributed by atoms with van der Waals surface area (Å²) >= 11 is 0. The molecule has 6 heteroatoms. The van der Waals surface area contributed by atoms with Gasteiger partial charge in [0.05, 0.1) is 5.69 Å². The largest absolute Gasteiger partial charge is 0.335 e. The molecule has 0 unspecified atom stereocenters. The molecule has 0 radical (unpaired) electrons.